The molecule has 0 aliphatic rings. The van der Waals surface area contributed by atoms with Gasteiger partial charge in [-0.2, -0.15) is 4.98 Å². The van der Waals surface area contributed by atoms with Gasteiger partial charge in [-0.1, -0.05) is 10.3 Å². The van der Waals surface area contributed by atoms with Crippen molar-refractivity contribution in [3.8, 4) is 0 Å². The molecule has 0 unspecified atom stereocenters. The van der Waals surface area contributed by atoms with E-state index in [4.69, 9.17) is 5.11 Å². The minimum Gasteiger partial charge on any atom is -0.394 e. The lowest BCUT2D eigenvalue weighted by Crippen LogP contribution is -2.14. The predicted molar refractivity (Wildman–Crippen MR) is 58.7 cm³/mol. The second-order valence-electron chi connectivity index (χ2n) is 3.28. The maximum Gasteiger partial charge on any atom is 0.276 e. The van der Waals surface area contributed by atoms with Crippen LogP contribution in [0.2, 0.25) is 0 Å². The minimum absolute atomic E-state index is 0.0170. The van der Waals surface area contributed by atoms with Gasteiger partial charge >= 0.3 is 0 Å². The first kappa shape index (κ1) is 11.2. The van der Waals surface area contributed by atoms with Crippen molar-refractivity contribution in [2.24, 2.45) is 10.3 Å². The molecule has 0 aliphatic carbocycles. The number of hydrogen-bond donors (Lipinski definition) is 3. The fourth-order valence-electron chi connectivity index (χ4n) is 1.18. The third-order valence-corrected chi connectivity index (χ3v) is 2.00. The van der Waals surface area contributed by atoms with Crippen LogP contribution in [0.25, 0.3) is 11.2 Å². The first-order chi connectivity index (χ1) is 8.20. The molecule has 0 amide bonds. The second kappa shape index (κ2) is 4.70. The molecular weight excluding hydrogens is 226 g/mol. The fourth-order valence-corrected chi connectivity index (χ4v) is 1.18. The van der Waals surface area contributed by atoms with Crippen molar-refractivity contribution < 1.29 is 5.11 Å². The van der Waals surface area contributed by atoms with Crippen molar-refractivity contribution in [2.75, 3.05) is 20.2 Å². The highest BCUT2D eigenvalue weighted by Crippen LogP contribution is 2.10. The van der Waals surface area contributed by atoms with E-state index in [2.05, 4.69) is 30.3 Å². The average molecular weight is 237 g/mol. The van der Waals surface area contributed by atoms with Gasteiger partial charge in [0.1, 0.15) is 0 Å². The number of likely N-dealkylation sites (N-methyl/N-ethyl adjacent to an activating group) is 1. The minimum atomic E-state index is -0.312. The van der Waals surface area contributed by atoms with Crippen LogP contribution in [0.5, 0.6) is 0 Å². The summed E-state index contributed by atoms with van der Waals surface area (Å²) in [6.45, 7) is 0.347. The van der Waals surface area contributed by atoms with E-state index in [-0.39, 0.29) is 29.3 Å². The molecule has 0 bridgehead atoms. The Labute approximate surface area is 95.2 Å². The molecule has 0 saturated carbocycles. The van der Waals surface area contributed by atoms with Gasteiger partial charge in [0.25, 0.3) is 11.5 Å². The molecule has 9 heteroatoms. The number of aliphatic hydroxyl groups is 1. The van der Waals surface area contributed by atoms with Crippen LogP contribution in [0.4, 0.5) is 5.95 Å². The third kappa shape index (κ3) is 2.45. The number of nitrogens with zero attached hydrogens (tertiary/aromatic N) is 5. The lowest BCUT2D eigenvalue weighted by Gasteiger charge is -2.06. The monoisotopic (exact) mass is 237 g/mol. The van der Waals surface area contributed by atoms with E-state index in [1.54, 1.807) is 7.05 Å². The molecule has 2 rings (SSSR count). The zero-order valence-electron chi connectivity index (χ0n) is 9.08. The number of rotatable bonds is 4. The smallest absolute Gasteiger partial charge is 0.276 e. The summed E-state index contributed by atoms with van der Waals surface area (Å²) in [5, 5.41) is 17.7. The van der Waals surface area contributed by atoms with Crippen molar-refractivity contribution in [2.45, 2.75) is 0 Å². The number of aromatic amines is 2. The van der Waals surface area contributed by atoms with Crippen LogP contribution in [0.1, 0.15) is 0 Å². The summed E-state index contributed by atoms with van der Waals surface area (Å²) in [7, 11) is 1.66. The summed E-state index contributed by atoms with van der Waals surface area (Å²) in [5.41, 5.74) is 0.228. The predicted octanol–water partition coefficient (Wildman–Crippen LogP) is -0.431. The molecule has 17 heavy (non-hydrogen) atoms. The second-order valence-corrected chi connectivity index (χ2v) is 3.28. The van der Waals surface area contributed by atoms with Crippen molar-refractivity contribution in [1.82, 2.24) is 24.9 Å². The van der Waals surface area contributed by atoms with Crippen molar-refractivity contribution >= 4 is 17.1 Å². The molecule has 2 aromatic rings. The molecule has 0 aliphatic heterocycles. The molecule has 0 aromatic carbocycles. The van der Waals surface area contributed by atoms with Gasteiger partial charge in [-0.25, -0.2) is 4.98 Å². The summed E-state index contributed by atoms with van der Waals surface area (Å²) in [4.78, 5) is 24.3. The van der Waals surface area contributed by atoms with E-state index < -0.39 is 0 Å². The SMILES string of the molecule is CN(CCO)/N=N/c1nc2nc[nH]c(=O)c2[nH]1. The maximum atomic E-state index is 11.4. The van der Waals surface area contributed by atoms with Gasteiger partial charge in [0.05, 0.1) is 19.5 Å². The molecule has 9 nitrogen and oxygen atoms in total. The molecule has 0 radical (unpaired) electrons. The highest BCUT2D eigenvalue weighted by molar-refractivity contribution is 5.70. The van der Waals surface area contributed by atoms with E-state index in [1.165, 1.54) is 11.3 Å². The van der Waals surface area contributed by atoms with Crippen LogP contribution in [-0.2, 0) is 0 Å². The zero-order valence-corrected chi connectivity index (χ0v) is 9.08. The van der Waals surface area contributed by atoms with Crippen LogP contribution < -0.4 is 5.56 Å². The number of nitrogens with one attached hydrogen (secondary N) is 2. The average Bonchev–Trinajstić information content (AvgIpc) is 2.71. The zero-order chi connectivity index (χ0) is 12.3. The highest BCUT2D eigenvalue weighted by Gasteiger charge is 2.05. The van der Waals surface area contributed by atoms with E-state index in [0.29, 0.717) is 6.54 Å². The Balaban J connectivity index is 2.26. The van der Waals surface area contributed by atoms with Gasteiger partial charge < -0.3 is 15.1 Å². The number of hydrogen-bond acceptors (Lipinski definition) is 6. The molecule has 0 fully saturated rings. The van der Waals surface area contributed by atoms with Crippen molar-refractivity contribution in [1.29, 1.82) is 0 Å². The quantitative estimate of drug-likeness (QED) is 0.491. The molecule has 2 heterocycles. The third-order valence-electron chi connectivity index (χ3n) is 2.00. The Hall–Kier alpha value is -2.29. The van der Waals surface area contributed by atoms with Gasteiger partial charge in [-0.15, -0.1) is 0 Å². The molecular formula is C8H11N7O2. The van der Waals surface area contributed by atoms with E-state index >= 15 is 0 Å². The van der Waals surface area contributed by atoms with Gasteiger partial charge in [0.2, 0.25) is 0 Å². The first-order valence-corrected chi connectivity index (χ1v) is 4.88. The van der Waals surface area contributed by atoms with Crippen LogP contribution in [0.15, 0.2) is 21.5 Å². The maximum absolute atomic E-state index is 11.4. The summed E-state index contributed by atoms with van der Waals surface area (Å²) < 4.78 is 0. The summed E-state index contributed by atoms with van der Waals surface area (Å²) in [5.74, 6) is 0.189. The standard InChI is InChI=1S/C8H11N7O2/c1-15(2-3-16)14-13-8-11-5-6(12-8)9-4-10-7(5)17/h4,16H,2-3H2,1H3,(H2,9,10,11,12,17)/b14-13+. The summed E-state index contributed by atoms with van der Waals surface area (Å²) in [6.07, 6.45) is 1.27. The van der Waals surface area contributed by atoms with Crippen molar-refractivity contribution in [3.05, 3.63) is 16.7 Å². The molecule has 0 spiro atoms. The van der Waals surface area contributed by atoms with Crippen LogP contribution in [0.3, 0.4) is 0 Å². The number of fused-ring (bicyclic) bond motifs is 1. The number of aliphatic hydroxyl groups excluding tert-OH is 1. The van der Waals surface area contributed by atoms with Gasteiger partial charge in [0.15, 0.2) is 11.2 Å². The summed E-state index contributed by atoms with van der Waals surface area (Å²) >= 11 is 0. The van der Waals surface area contributed by atoms with E-state index in [1.807, 2.05) is 0 Å². The Bertz CT molecular complexity index is 587. The highest BCUT2D eigenvalue weighted by atomic mass is 16.3. The molecule has 2 aromatic heterocycles. The van der Waals surface area contributed by atoms with Crippen LogP contribution >= 0.6 is 0 Å². The van der Waals surface area contributed by atoms with Crippen LogP contribution in [0, 0.1) is 0 Å². The largest absolute Gasteiger partial charge is 0.394 e. The molecule has 90 valence electrons. The van der Waals surface area contributed by atoms with Crippen molar-refractivity contribution in [3.63, 3.8) is 0 Å². The topological polar surface area (TPSA) is 123 Å². The van der Waals surface area contributed by atoms with E-state index in [9.17, 15) is 4.79 Å². The van der Waals surface area contributed by atoms with E-state index in [0.717, 1.165) is 0 Å². The van der Waals surface area contributed by atoms with Gasteiger partial charge in [-0.05, 0) is 0 Å². The fraction of sp³-hybridized carbons (Fsp3) is 0.375. The Morgan fingerprint density at radius 3 is 3.12 bits per heavy atom. The Morgan fingerprint density at radius 2 is 2.41 bits per heavy atom. The van der Waals surface area contributed by atoms with Crippen LogP contribution in [-0.4, -0.2) is 50.3 Å². The number of aromatic nitrogens is 4. The molecule has 3 N–H and O–H groups in total. The Morgan fingerprint density at radius 1 is 1.59 bits per heavy atom. The first-order valence-electron chi connectivity index (χ1n) is 4.88. The number of H-pyrrole nitrogens is 2. The Kier molecular flexibility index (Phi) is 3.10. The molecule has 0 saturated heterocycles. The molecule has 0 atom stereocenters. The lowest BCUT2D eigenvalue weighted by atomic mass is 10.6. The normalized spacial score (nSPS) is 11.4. The van der Waals surface area contributed by atoms with Gasteiger partial charge in [-0.3, -0.25) is 9.80 Å². The van der Waals surface area contributed by atoms with Gasteiger partial charge in [0, 0.05) is 7.05 Å². The number of imidazole rings is 1. The summed E-state index contributed by atoms with van der Waals surface area (Å²) in [6, 6.07) is 0. The lowest BCUT2D eigenvalue weighted by molar-refractivity contribution is 0.219.